The Bertz CT molecular complexity index is 284. The first kappa shape index (κ1) is 12.1. The molecule has 1 unspecified atom stereocenters. The van der Waals surface area contributed by atoms with E-state index in [0.717, 1.165) is 24.7 Å². The van der Waals surface area contributed by atoms with Crippen molar-refractivity contribution in [2.24, 2.45) is 5.92 Å². The summed E-state index contributed by atoms with van der Waals surface area (Å²) in [7, 11) is 0. The quantitative estimate of drug-likeness (QED) is 0.555. The van der Waals surface area contributed by atoms with Crippen LogP contribution in [0.4, 0.5) is 5.69 Å². The number of rotatable bonds is 6. The van der Waals surface area contributed by atoms with Crippen molar-refractivity contribution in [1.82, 2.24) is 5.32 Å². The first-order valence-electron chi connectivity index (χ1n) is 5.77. The van der Waals surface area contributed by atoms with E-state index in [9.17, 15) is 0 Å². The molecule has 0 heterocycles. The summed E-state index contributed by atoms with van der Waals surface area (Å²) in [6.07, 6.45) is 2.51. The third kappa shape index (κ3) is 4.84. The van der Waals surface area contributed by atoms with Crippen molar-refractivity contribution in [3.05, 3.63) is 29.8 Å². The molecule has 2 nitrogen and oxygen atoms in total. The van der Waals surface area contributed by atoms with E-state index in [1.807, 2.05) is 18.2 Å². The lowest BCUT2D eigenvalue weighted by Gasteiger charge is -2.09. The molecule has 0 aromatic heterocycles. The van der Waals surface area contributed by atoms with Crippen LogP contribution in [-0.4, -0.2) is 6.54 Å². The SMILES string of the molecule is CCC(C)CCNCc1cccc(N)c1. The van der Waals surface area contributed by atoms with Gasteiger partial charge in [-0.25, -0.2) is 0 Å². The standard InChI is InChI=1S/C13H22N2/c1-3-11(2)7-8-15-10-12-5-4-6-13(14)9-12/h4-6,9,11,15H,3,7-8,10,14H2,1-2H3. The van der Waals surface area contributed by atoms with E-state index in [1.165, 1.54) is 18.4 Å². The van der Waals surface area contributed by atoms with Crippen LogP contribution in [0.25, 0.3) is 0 Å². The molecule has 0 amide bonds. The molecule has 1 aromatic carbocycles. The van der Waals surface area contributed by atoms with Crippen molar-refractivity contribution in [3.63, 3.8) is 0 Å². The van der Waals surface area contributed by atoms with Crippen LogP contribution in [0.15, 0.2) is 24.3 Å². The van der Waals surface area contributed by atoms with Gasteiger partial charge >= 0.3 is 0 Å². The average Bonchev–Trinajstić information content (AvgIpc) is 2.24. The molecule has 15 heavy (non-hydrogen) atoms. The van der Waals surface area contributed by atoms with Crippen molar-refractivity contribution >= 4 is 5.69 Å². The van der Waals surface area contributed by atoms with Crippen LogP contribution in [0.5, 0.6) is 0 Å². The van der Waals surface area contributed by atoms with Crippen LogP contribution < -0.4 is 11.1 Å². The van der Waals surface area contributed by atoms with E-state index in [2.05, 4.69) is 25.2 Å². The first-order chi connectivity index (χ1) is 7.22. The number of anilines is 1. The minimum atomic E-state index is 0.818. The molecule has 1 rings (SSSR count). The maximum atomic E-state index is 5.70. The summed E-state index contributed by atoms with van der Waals surface area (Å²) in [6.45, 7) is 6.54. The molecule has 0 aliphatic rings. The molecule has 0 radical (unpaired) electrons. The van der Waals surface area contributed by atoms with Gasteiger partial charge in [-0.05, 0) is 36.6 Å². The van der Waals surface area contributed by atoms with E-state index in [0.29, 0.717) is 0 Å². The molecular weight excluding hydrogens is 184 g/mol. The van der Waals surface area contributed by atoms with E-state index < -0.39 is 0 Å². The van der Waals surface area contributed by atoms with Gasteiger partial charge < -0.3 is 11.1 Å². The van der Waals surface area contributed by atoms with Crippen LogP contribution in [0.1, 0.15) is 32.3 Å². The van der Waals surface area contributed by atoms with Crippen LogP contribution >= 0.6 is 0 Å². The fourth-order valence-corrected chi connectivity index (χ4v) is 1.49. The molecule has 0 saturated heterocycles. The van der Waals surface area contributed by atoms with Crippen LogP contribution in [0, 0.1) is 5.92 Å². The third-order valence-electron chi connectivity index (χ3n) is 2.79. The Labute approximate surface area is 92.9 Å². The van der Waals surface area contributed by atoms with Crippen molar-refractivity contribution in [3.8, 4) is 0 Å². The monoisotopic (exact) mass is 206 g/mol. The van der Waals surface area contributed by atoms with Crippen molar-refractivity contribution < 1.29 is 0 Å². The highest BCUT2D eigenvalue weighted by molar-refractivity contribution is 5.40. The van der Waals surface area contributed by atoms with Gasteiger partial charge in [0, 0.05) is 12.2 Å². The number of nitrogens with two attached hydrogens (primary N) is 1. The van der Waals surface area contributed by atoms with Gasteiger partial charge in [0.15, 0.2) is 0 Å². The Morgan fingerprint density at radius 3 is 2.87 bits per heavy atom. The van der Waals surface area contributed by atoms with Gasteiger partial charge in [0.05, 0.1) is 0 Å². The second kappa shape index (κ2) is 6.46. The Morgan fingerprint density at radius 2 is 2.20 bits per heavy atom. The minimum Gasteiger partial charge on any atom is -0.399 e. The average molecular weight is 206 g/mol. The van der Waals surface area contributed by atoms with E-state index >= 15 is 0 Å². The largest absolute Gasteiger partial charge is 0.399 e. The predicted molar refractivity (Wildman–Crippen MR) is 66.6 cm³/mol. The zero-order valence-corrected chi connectivity index (χ0v) is 9.79. The summed E-state index contributed by atoms with van der Waals surface area (Å²) >= 11 is 0. The highest BCUT2D eigenvalue weighted by Gasteiger charge is 1.98. The summed E-state index contributed by atoms with van der Waals surface area (Å²) in [5, 5.41) is 3.44. The Morgan fingerprint density at radius 1 is 1.40 bits per heavy atom. The Hall–Kier alpha value is -1.02. The van der Waals surface area contributed by atoms with Crippen LogP contribution in [-0.2, 0) is 6.54 Å². The zero-order chi connectivity index (χ0) is 11.1. The molecule has 1 aromatic rings. The minimum absolute atomic E-state index is 0.818. The molecular formula is C13H22N2. The molecule has 1 atom stereocenters. The maximum Gasteiger partial charge on any atom is 0.0317 e. The fraction of sp³-hybridized carbons (Fsp3) is 0.538. The number of nitrogen functional groups attached to an aromatic ring is 1. The lowest BCUT2D eigenvalue weighted by Crippen LogP contribution is -2.16. The van der Waals surface area contributed by atoms with Crippen molar-refractivity contribution in [2.45, 2.75) is 33.2 Å². The number of nitrogens with one attached hydrogen (secondary N) is 1. The molecule has 0 saturated carbocycles. The van der Waals surface area contributed by atoms with Crippen molar-refractivity contribution in [2.75, 3.05) is 12.3 Å². The van der Waals surface area contributed by atoms with Gasteiger partial charge in [-0.15, -0.1) is 0 Å². The fourth-order valence-electron chi connectivity index (χ4n) is 1.49. The number of hydrogen-bond acceptors (Lipinski definition) is 2. The summed E-state index contributed by atoms with van der Waals surface area (Å²) in [6, 6.07) is 8.05. The topological polar surface area (TPSA) is 38.0 Å². The predicted octanol–water partition coefficient (Wildman–Crippen LogP) is 2.79. The summed E-state index contributed by atoms with van der Waals surface area (Å²) in [4.78, 5) is 0. The summed E-state index contributed by atoms with van der Waals surface area (Å²) in [5.74, 6) is 0.818. The molecule has 0 aliphatic carbocycles. The molecule has 0 fully saturated rings. The van der Waals surface area contributed by atoms with E-state index in [1.54, 1.807) is 0 Å². The second-order valence-electron chi connectivity index (χ2n) is 4.22. The zero-order valence-electron chi connectivity index (χ0n) is 9.79. The highest BCUT2D eigenvalue weighted by atomic mass is 14.8. The van der Waals surface area contributed by atoms with Gasteiger partial charge in [-0.3, -0.25) is 0 Å². The molecule has 0 bridgehead atoms. The van der Waals surface area contributed by atoms with Crippen molar-refractivity contribution in [1.29, 1.82) is 0 Å². The van der Waals surface area contributed by atoms with E-state index in [-0.39, 0.29) is 0 Å². The maximum absolute atomic E-state index is 5.70. The van der Waals surface area contributed by atoms with Gasteiger partial charge in [-0.1, -0.05) is 32.4 Å². The van der Waals surface area contributed by atoms with E-state index in [4.69, 9.17) is 5.73 Å². The molecule has 2 heteroatoms. The molecule has 3 N–H and O–H groups in total. The van der Waals surface area contributed by atoms with Gasteiger partial charge in [0.2, 0.25) is 0 Å². The molecule has 84 valence electrons. The lowest BCUT2D eigenvalue weighted by molar-refractivity contribution is 0.488. The number of hydrogen-bond donors (Lipinski definition) is 2. The second-order valence-corrected chi connectivity index (χ2v) is 4.22. The van der Waals surface area contributed by atoms with Gasteiger partial charge in [0.1, 0.15) is 0 Å². The number of benzene rings is 1. The lowest BCUT2D eigenvalue weighted by atomic mass is 10.1. The normalized spacial score (nSPS) is 12.7. The third-order valence-corrected chi connectivity index (χ3v) is 2.79. The summed E-state index contributed by atoms with van der Waals surface area (Å²) in [5.41, 5.74) is 7.81. The summed E-state index contributed by atoms with van der Waals surface area (Å²) < 4.78 is 0. The molecule has 0 spiro atoms. The smallest absolute Gasteiger partial charge is 0.0317 e. The molecule has 0 aliphatic heterocycles. The van der Waals surface area contributed by atoms with Crippen LogP contribution in [0.3, 0.4) is 0 Å². The Kier molecular flexibility index (Phi) is 5.19. The van der Waals surface area contributed by atoms with Gasteiger partial charge in [-0.2, -0.15) is 0 Å². The highest BCUT2D eigenvalue weighted by Crippen LogP contribution is 2.07. The first-order valence-corrected chi connectivity index (χ1v) is 5.77. The van der Waals surface area contributed by atoms with Gasteiger partial charge in [0.25, 0.3) is 0 Å². The van der Waals surface area contributed by atoms with Crippen LogP contribution in [0.2, 0.25) is 0 Å². The Balaban J connectivity index is 2.20.